The molecule has 0 atom stereocenters. The lowest BCUT2D eigenvalue weighted by molar-refractivity contribution is 0.171. The van der Waals surface area contributed by atoms with Crippen molar-refractivity contribution in [3.05, 3.63) is 35.4 Å². The topological polar surface area (TPSA) is 41.5 Å². The predicted octanol–water partition coefficient (Wildman–Crippen LogP) is 2.09. The Hall–Kier alpha value is -0.900. The van der Waals surface area contributed by atoms with Crippen LogP contribution in [0.25, 0.3) is 0 Å². The van der Waals surface area contributed by atoms with E-state index in [0.717, 1.165) is 25.3 Å². The summed E-state index contributed by atoms with van der Waals surface area (Å²) in [6, 6.07) is 8.12. The van der Waals surface area contributed by atoms with E-state index in [1.54, 1.807) is 7.11 Å². The molecule has 0 aliphatic heterocycles. The van der Waals surface area contributed by atoms with Crippen molar-refractivity contribution >= 4 is 0 Å². The predicted molar refractivity (Wildman–Crippen MR) is 72.2 cm³/mol. The summed E-state index contributed by atoms with van der Waals surface area (Å²) in [5.41, 5.74) is 2.74. The van der Waals surface area contributed by atoms with Crippen molar-refractivity contribution in [3.63, 3.8) is 0 Å². The molecule has 0 radical (unpaired) electrons. The van der Waals surface area contributed by atoms with Crippen LogP contribution < -0.4 is 5.32 Å². The molecule has 1 saturated carbocycles. The van der Waals surface area contributed by atoms with Crippen LogP contribution in [0, 0.1) is 5.41 Å². The van der Waals surface area contributed by atoms with Crippen LogP contribution in [0.15, 0.2) is 24.3 Å². The number of methoxy groups -OCH3 is 1. The van der Waals surface area contributed by atoms with E-state index in [1.807, 2.05) is 12.1 Å². The molecule has 3 heteroatoms. The Bertz CT molecular complexity index is 357. The number of hydrogen-bond donors (Lipinski definition) is 2. The van der Waals surface area contributed by atoms with Crippen LogP contribution in [0.1, 0.15) is 30.4 Å². The molecule has 0 unspecified atom stereocenters. The van der Waals surface area contributed by atoms with E-state index in [-0.39, 0.29) is 6.61 Å². The first-order valence-corrected chi connectivity index (χ1v) is 6.66. The number of rotatable bonds is 8. The Balaban J connectivity index is 1.71. The lowest BCUT2D eigenvalue weighted by Crippen LogP contribution is -2.24. The van der Waals surface area contributed by atoms with E-state index in [9.17, 15) is 0 Å². The van der Waals surface area contributed by atoms with E-state index in [0.29, 0.717) is 5.41 Å². The van der Waals surface area contributed by atoms with E-state index in [1.165, 1.54) is 24.8 Å². The molecule has 0 saturated heterocycles. The normalized spacial score (nSPS) is 16.8. The monoisotopic (exact) mass is 249 g/mol. The summed E-state index contributed by atoms with van der Waals surface area (Å²) in [7, 11) is 1.77. The minimum atomic E-state index is 0.119. The fraction of sp³-hybridized carbons (Fsp3) is 0.600. The molecule has 2 rings (SSSR count). The molecular weight excluding hydrogens is 226 g/mol. The smallest absolute Gasteiger partial charge is 0.0681 e. The molecule has 0 heterocycles. The third-order valence-electron chi connectivity index (χ3n) is 3.83. The highest BCUT2D eigenvalue weighted by molar-refractivity contribution is 5.21. The molecule has 100 valence electrons. The van der Waals surface area contributed by atoms with Gasteiger partial charge in [0.2, 0.25) is 0 Å². The molecule has 0 amide bonds. The minimum absolute atomic E-state index is 0.119. The molecule has 0 spiro atoms. The Morgan fingerprint density at radius 2 is 1.89 bits per heavy atom. The number of nitrogens with one attached hydrogen (secondary N) is 1. The van der Waals surface area contributed by atoms with Gasteiger partial charge in [-0.25, -0.2) is 0 Å². The van der Waals surface area contributed by atoms with Gasteiger partial charge in [0.1, 0.15) is 0 Å². The highest BCUT2D eigenvalue weighted by Gasteiger charge is 2.41. The van der Waals surface area contributed by atoms with Crippen LogP contribution >= 0.6 is 0 Å². The summed E-state index contributed by atoms with van der Waals surface area (Å²) in [6.45, 7) is 2.97. The van der Waals surface area contributed by atoms with Gasteiger partial charge in [0.15, 0.2) is 0 Å². The average molecular weight is 249 g/mol. The van der Waals surface area contributed by atoms with Gasteiger partial charge in [-0.15, -0.1) is 0 Å². The summed E-state index contributed by atoms with van der Waals surface area (Å²) in [5, 5.41) is 12.5. The zero-order chi connectivity index (χ0) is 12.8. The molecule has 2 N–H and O–H groups in total. The van der Waals surface area contributed by atoms with Gasteiger partial charge in [-0.2, -0.15) is 0 Å². The first kappa shape index (κ1) is 13.5. The van der Waals surface area contributed by atoms with Crippen LogP contribution in [0.3, 0.4) is 0 Å². The van der Waals surface area contributed by atoms with Crippen LogP contribution in [0.4, 0.5) is 0 Å². The van der Waals surface area contributed by atoms with Crippen molar-refractivity contribution in [1.29, 1.82) is 0 Å². The standard InChI is InChI=1S/C15H23NO2/c1-18-9-8-15(6-7-15)12-16-10-13-2-4-14(11-17)5-3-13/h2-5,16-17H,6-12H2,1H3. The highest BCUT2D eigenvalue weighted by Crippen LogP contribution is 2.48. The van der Waals surface area contributed by atoms with Crippen molar-refractivity contribution in [2.45, 2.75) is 32.4 Å². The first-order valence-electron chi connectivity index (χ1n) is 6.66. The zero-order valence-electron chi connectivity index (χ0n) is 11.1. The van der Waals surface area contributed by atoms with Gasteiger partial charge in [-0.1, -0.05) is 24.3 Å². The zero-order valence-corrected chi connectivity index (χ0v) is 11.1. The fourth-order valence-electron chi connectivity index (χ4n) is 2.25. The largest absolute Gasteiger partial charge is 0.392 e. The van der Waals surface area contributed by atoms with E-state index < -0.39 is 0 Å². The SMILES string of the molecule is COCCC1(CNCc2ccc(CO)cc2)CC1. The lowest BCUT2D eigenvalue weighted by Gasteiger charge is -2.15. The van der Waals surface area contributed by atoms with Crippen molar-refractivity contribution < 1.29 is 9.84 Å². The second-order valence-corrected chi connectivity index (χ2v) is 5.32. The van der Waals surface area contributed by atoms with E-state index in [4.69, 9.17) is 9.84 Å². The van der Waals surface area contributed by atoms with Crippen molar-refractivity contribution in [2.75, 3.05) is 20.3 Å². The minimum Gasteiger partial charge on any atom is -0.392 e. The Labute approximate surface area is 109 Å². The van der Waals surface area contributed by atoms with Gasteiger partial charge in [-0.05, 0) is 35.8 Å². The van der Waals surface area contributed by atoms with Crippen molar-refractivity contribution in [1.82, 2.24) is 5.32 Å². The number of aliphatic hydroxyl groups excluding tert-OH is 1. The van der Waals surface area contributed by atoms with Crippen LogP contribution in [-0.4, -0.2) is 25.4 Å². The molecule has 1 aliphatic rings. The summed E-state index contributed by atoms with van der Waals surface area (Å²) >= 11 is 0. The summed E-state index contributed by atoms with van der Waals surface area (Å²) in [5.74, 6) is 0. The molecular formula is C15H23NO2. The summed E-state index contributed by atoms with van der Waals surface area (Å²) in [6.07, 6.45) is 3.82. The summed E-state index contributed by atoms with van der Waals surface area (Å²) in [4.78, 5) is 0. The Kier molecular flexibility index (Phi) is 4.75. The van der Waals surface area contributed by atoms with Gasteiger partial charge >= 0.3 is 0 Å². The van der Waals surface area contributed by atoms with Crippen LogP contribution in [0.2, 0.25) is 0 Å². The van der Waals surface area contributed by atoms with Gasteiger partial charge in [-0.3, -0.25) is 0 Å². The van der Waals surface area contributed by atoms with Crippen molar-refractivity contribution in [2.24, 2.45) is 5.41 Å². The van der Waals surface area contributed by atoms with Gasteiger partial charge in [0, 0.05) is 26.8 Å². The number of benzene rings is 1. The van der Waals surface area contributed by atoms with Crippen LogP contribution in [0.5, 0.6) is 0 Å². The Morgan fingerprint density at radius 3 is 2.44 bits per heavy atom. The Morgan fingerprint density at radius 1 is 1.22 bits per heavy atom. The number of aliphatic hydroxyl groups is 1. The van der Waals surface area contributed by atoms with E-state index in [2.05, 4.69) is 17.4 Å². The maximum Gasteiger partial charge on any atom is 0.0681 e. The number of hydrogen-bond acceptors (Lipinski definition) is 3. The average Bonchev–Trinajstić information content (AvgIpc) is 3.18. The third kappa shape index (κ3) is 3.80. The highest BCUT2D eigenvalue weighted by atomic mass is 16.5. The van der Waals surface area contributed by atoms with Crippen LogP contribution in [-0.2, 0) is 17.9 Å². The molecule has 1 aromatic carbocycles. The van der Waals surface area contributed by atoms with Gasteiger partial charge in [0.25, 0.3) is 0 Å². The molecule has 18 heavy (non-hydrogen) atoms. The second-order valence-electron chi connectivity index (χ2n) is 5.32. The fourth-order valence-corrected chi connectivity index (χ4v) is 2.25. The first-order chi connectivity index (χ1) is 8.78. The van der Waals surface area contributed by atoms with Crippen molar-refractivity contribution in [3.8, 4) is 0 Å². The molecule has 1 fully saturated rings. The second kappa shape index (κ2) is 6.32. The molecule has 1 aliphatic carbocycles. The van der Waals surface area contributed by atoms with Gasteiger partial charge in [0.05, 0.1) is 6.61 Å². The molecule has 3 nitrogen and oxygen atoms in total. The molecule has 1 aromatic rings. The quantitative estimate of drug-likeness (QED) is 0.741. The summed E-state index contributed by atoms with van der Waals surface area (Å²) < 4.78 is 5.16. The van der Waals surface area contributed by atoms with E-state index >= 15 is 0 Å². The molecule has 0 aromatic heterocycles. The lowest BCUT2D eigenvalue weighted by atomic mass is 10.0. The maximum atomic E-state index is 8.97. The third-order valence-corrected chi connectivity index (χ3v) is 3.83. The van der Waals surface area contributed by atoms with Gasteiger partial charge < -0.3 is 15.2 Å². The molecule has 0 bridgehead atoms. The maximum absolute atomic E-state index is 8.97. The number of ether oxygens (including phenoxy) is 1.